The number of hydrogen-bond acceptors (Lipinski definition) is 2. The molecule has 2 N–H and O–H groups in total. The van der Waals surface area contributed by atoms with Crippen LogP contribution in [0.25, 0.3) is 0 Å². The van der Waals surface area contributed by atoms with Crippen LogP contribution in [-0.4, -0.2) is 16.0 Å². The minimum Gasteiger partial charge on any atom is -0.345 e. The highest BCUT2D eigenvalue weighted by Gasteiger charge is 1.99. The first-order valence-corrected chi connectivity index (χ1v) is 4.98. The van der Waals surface area contributed by atoms with Crippen LogP contribution in [0, 0.1) is 0 Å². The lowest BCUT2D eigenvalue weighted by Crippen LogP contribution is -2.21. The second kappa shape index (κ2) is 5.02. The number of nitrogens with one attached hydrogen (secondary N) is 2. The monoisotopic (exact) mass is 181 g/mol. The van der Waals surface area contributed by atoms with Gasteiger partial charge in [-0.3, -0.25) is 0 Å². The fourth-order valence-corrected chi connectivity index (χ4v) is 1.17. The van der Waals surface area contributed by atoms with Gasteiger partial charge < -0.3 is 10.3 Å². The molecule has 0 aliphatic rings. The predicted octanol–water partition coefficient (Wildman–Crippen LogP) is 1.86. The van der Waals surface area contributed by atoms with Crippen molar-refractivity contribution >= 4 is 0 Å². The van der Waals surface area contributed by atoms with Gasteiger partial charge in [0.1, 0.15) is 5.82 Å². The summed E-state index contributed by atoms with van der Waals surface area (Å²) in [7, 11) is 0. The average molecular weight is 181 g/mol. The molecule has 13 heavy (non-hydrogen) atoms. The first-order chi connectivity index (χ1) is 6.22. The standard InChI is InChI=1S/C10H19N3/c1-4-5-10-12-7-9(13-10)6-11-8(2)3/h7-8,11H,4-6H2,1-3H3,(H,12,13). The number of H-pyrrole nitrogens is 1. The van der Waals surface area contributed by atoms with Crippen LogP contribution in [0.4, 0.5) is 0 Å². The topological polar surface area (TPSA) is 40.7 Å². The third-order valence-electron chi connectivity index (χ3n) is 1.87. The SMILES string of the molecule is CCCc1ncc(CNC(C)C)[nH]1. The zero-order chi connectivity index (χ0) is 9.68. The molecule has 0 bridgehead atoms. The lowest BCUT2D eigenvalue weighted by molar-refractivity contribution is 0.582. The maximum Gasteiger partial charge on any atom is 0.106 e. The van der Waals surface area contributed by atoms with E-state index in [0.29, 0.717) is 6.04 Å². The van der Waals surface area contributed by atoms with E-state index >= 15 is 0 Å². The third kappa shape index (κ3) is 3.59. The Morgan fingerprint density at radius 1 is 1.54 bits per heavy atom. The van der Waals surface area contributed by atoms with Crippen LogP contribution in [0.2, 0.25) is 0 Å². The number of rotatable bonds is 5. The van der Waals surface area contributed by atoms with Crippen LogP contribution in [0.15, 0.2) is 6.20 Å². The molecule has 0 saturated heterocycles. The first-order valence-electron chi connectivity index (χ1n) is 4.98. The van der Waals surface area contributed by atoms with Crippen molar-refractivity contribution in [2.45, 2.75) is 46.2 Å². The summed E-state index contributed by atoms with van der Waals surface area (Å²) < 4.78 is 0. The summed E-state index contributed by atoms with van der Waals surface area (Å²) in [6.07, 6.45) is 4.10. The molecule has 0 saturated carbocycles. The van der Waals surface area contributed by atoms with E-state index in [1.54, 1.807) is 0 Å². The summed E-state index contributed by atoms with van der Waals surface area (Å²) in [5.41, 5.74) is 1.18. The number of imidazole rings is 1. The highest BCUT2D eigenvalue weighted by molar-refractivity contribution is 5.01. The molecule has 0 radical (unpaired) electrons. The summed E-state index contributed by atoms with van der Waals surface area (Å²) in [6.45, 7) is 7.33. The fourth-order valence-electron chi connectivity index (χ4n) is 1.17. The lowest BCUT2D eigenvalue weighted by Gasteiger charge is -2.05. The maximum absolute atomic E-state index is 4.29. The van der Waals surface area contributed by atoms with Gasteiger partial charge in [-0.15, -0.1) is 0 Å². The molecule has 0 atom stereocenters. The molecule has 0 aliphatic heterocycles. The van der Waals surface area contributed by atoms with Gasteiger partial charge in [-0.2, -0.15) is 0 Å². The van der Waals surface area contributed by atoms with E-state index < -0.39 is 0 Å². The fraction of sp³-hybridized carbons (Fsp3) is 0.700. The number of hydrogen-bond donors (Lipinski definition) is 2. The van der Waals surface area contributed by atoms with Gasteiger partial charge in [0.15, 0.2) is 0 Å². The molecule has 0 aromatic carbocycles. The van der Waals surface area contributed by atoms with Crippen LogP contribution in [0.5, 0.6) is 0 Å². The molecule has 0 aliphatic carbocycles. The van der Waals surface area contributed by atoms with Gasteiger partial charge in [-0.1, -0.05) is 20.8 Å². The van der Waals surface area contributed by atoms with Gasteiger partial charge >= 0.3 is 0 Å². The molecule has 0 fully saturated rings. The average Bonchev–Trinajstić information content (AvgIpc) is 2.50. The van der Waals surface area contributed by atoms with Crippen LogP contribution in [0.3, 0.4) is 0 Å². The Hall–Kier alpha value is -0.830. The molecular weight excluding hydrogens is 162 g/mol. The van der Waals surface area contributed by atoms with E-state index in [-0.39, 0.29) is 0 Å². The Labute approximate surface area is 80.0 Å². The largest absolute Gasteiger partial charge is 0.345 e. The Morgan fingerprint density at radius 2 is 2.31 bits per heavy atom. The minimum atomic E-state index is 0.526. The Morgan fingerprint density at radius 3 is 2.92 bits per heavy atom. The van der Waals surface area contributed by atoms with Gasteiger partial charge in [-0.25, -0.2) is 4.98 Å². The number of aromatic nitrogens is 2. The van der Waals surface area contributed by atoms with E-state index in [0.717, 1.165) is 25.2 Å². The number of aromatic amines is 1. The molecule has 1 aromatic heterocycles. The Balaban J connectivity index is 2.39. The van der Waals surface area contributed by atoms with Crippen molar-refractivity contribution in [2.24, 2.45) is 0 Å². The first kappa shape index (κ1) is 10.3. The van der Waals surface area contributed by atoms with Crippen molar-refractivity contribution in [3.63, 3.8) is 0 Å². The molecule has 0 amide bonds. The van der Waals surface area contributed by atoms with Crippen molar-refractivity contribution in [1.29, 1.82) is 0 Å². The second-order valence-corrected chi connectivity index (χ2v) is 3.64. The third-order valence-corrected chi connectivity index (χ3v) is 1.87. The van der Waals surface area contributed by atoms with Gasteiger partial charge in [0.25, 0.3) is 0 Å². The zero-order valence-electron chi connectivity index (χ0n) is 8.72. The molecule has 3 heteroatoms. The molecule has 0 unspecified atom stereocenters. The smallest absolute Gasteiger partial charge is 0.106 e. The minimum absolute atomic E-state index is 0.526. The lowest BCUT2D eigenvalue weighted by atomic mass is 10.3. The molecule has 1 heterocycles. The van der Waals surface area contributed by atoms with Crippen LogP contribution >= 0.6 is 0 Å². The summed E-state index contributed by atoms with van der Waals surface area (Å²) in [6, 6.07) is 0.526. The van der Waals surface area contributed by atoms with Crippen molar-refractivity contribution in [2.75, 3.05) is 0 Å². The molecule has 3 nitrogen and oxygen atoms in total. The van der Waals surface area contributed by atoms with Crippen molar-refractivity contribution in [3.05, 3.63) is 17.7 Å². The molecule has 74 valence electrons. The predicted molar refractivity (Wildman–Crippen MR) is 54.6 cm³/mol. The molecule has 1 rings (SSSR count). The van der Waals surface area contributed by atoms with Crippen molar-refractivity contribution < 1.29 is 0 Å². The summed E-state index contributed by atoms with van der Waals surface area (Å²) in [5.74, 6) is 1.10. The Bertz CT molecular complexity index is 240. The van der Waals surface area contributed by atoms with E-state index in [2.05, 4.69) is 36.1 Å². The van der Waals surface area contributed by atoms with Gasteiger partial charge in [0.05, 0.1) is 0 Å². The van der Waals surface area contributed by atoms with Crippen LogP contribution < -0.4 is 5.32 Å². The van der Waals surface area contributed by atoms with Gasteiger partial charge in [-0.05, 0) is 6.42 Å². The van der Waals surface area contributed by atoms with Gasteiger partial charge in [0, 0.05) is 30.9 Å². The van der Waals surface area contributed by atoms with Crippen LogP contribution in [0.1, 0.15) is 38.7 Å². The van der Waals surface area contributed by atoms with E-state index in [9.17, 15) is 0 Å². The highest BCUT2D eigenvalue weighted by Crippen LogP contribution is 1.99. The highest BCUT2D eigenvalue weighted by atomic mass is 15.0. The number of aryl methyl sites for hydroxylation is 1. The van der Waals surface area contributed by atoms with Crippen LogP contribution in [-0.2, 0) is 13.0 Å². The maximum atomic E-state index is 4.29. The molecular formula is C10H19N3. The second-order valence-electron chi connectivity index (χ2n) is 3.64. The van der Waals surface area contributed by atoms with E-state index in [4.69, 9.17) is 0 Å². The molecule has 1 aromatic rings. The molecule has 0 spiro atoms. The normalized spacial score (nSPS) is 11.1. The number of nitrogens with zero attached hydrogens (tertiary/aromatic N) is 1. The summed E-state index contributed by atoms with van der Waals surface area (Å²) in [4.78, 5) is 7.58. The zero-order valence-corrected chi connectivity index (χ0v) is 8.72. The van der Waals surface area contributed by atoms with E-state index in [1.165, 1.54) is 5.69 Å². The summed E-state index contributed by atoms with van der Waals surface area (Å²) >= 11 is 0. The Kier molecular flexibility index (Phi) is 3.96. The van der Waals surface area contributed by atoms with Gasteiger partial charge in [0.2, 0.25) is 0 Å². The van der Waals surface area contributed by atoms with Crippen molar-refractivity contribution in [1.82, 2.24) is 15.3 Å². The summed E-state index contributed by atoms with van der Waals surface area (Å²) in [5, 5.41) is 3.35. The quantitative estimate of drug-likeness (QED) is 0.728. The van der Waals surface area contributed by atoms with Crippen molar-refractivity contribution in [3.8, 4) is 0 Å². The van der Waals surface area contributed by atoms with E-state index in [1.807, 2.05) is 6.20 Å².